The summed E-state index contributed by atoms with van der Waals surface area (Å²) in [6, 6.07) is -0.853. The van der Waals surface area contributed by atoms with Gasteiger partial charge in [-0.05, 0) is 60.3 Å². The predicted molar refractivity (Wildman–Crippen MR) is 105 cm³/mol. The number of rotatable bonds is 7. The van der Waals surface area contributed by atoms with Crippen molar-refractivity contribution >= 4 is 23.9 Å². The zero-order valence-corrected chi connectivity index (χ0v) is 18.1. The van der Waals surface area contributed by atoms with Crippen molar-refractivity contribution < 1.29 is 28.7 Å². The van der Waals surface area contributed by atoms with Gasteiger partial charge in [-0.2, -0.15) is 0 Å². The Hall–Kier alpha value is -2.32. The Morgan fingerprint density at radius 3 is 2.31 bits per heavy atom. The van der Waals surface area contributed by atoms with E-state index in [1.165, 1.54) is 6.92 Å². The smallest absolute Gasteiger partial charge is 0.408 e. The second kappa shape index (κ2) is 8.59. The molecule has 1 heterocycles. The first-order chi connectivity index (χ1) is 13.3. The molecular formula is C20H33N3O6. The second-order valence-electron chi connectivity index (χ2n) is 9.58. The Balaban J connectivity index is 2.21. The molecule has 3 N–H and O–H groups in total. The monoisotopic (exact) mass is 411 g/mol. The van der Waals surface area contributed by atoms with Gasteiger partial charge < -0.3 is 25.4 Å². The van der Waals surface area contributed by atoms with E-state index in [9.17, 15) is 19.2 Å². The first-order valence-electron chi connectivity index (χ1n) is 10.0. The molecule has 1 saturated heterocycles. The summed E-state index contributed by atoms with van der Waals surface area (Å²) in [6.07, 6.45) is 0.415. The fourth-order valence-electron chi connectivity index (χ4n) is 3.42. The van der Waals surface area contributed by atoms with Crippen molar-refractivity contribution in [3.05, 3.63) is 0 Å². The Labute approximate surface area is 171 Å². The maximum Gasteiger partial charge on any atom is 0.408 e. The number of ether oxygens (including phenoxy) is 2. The lowest BCUT2D eigenvalue weighted by Crippen LogP contribution is -2.54. The Kier molecular flexibility index (Phi) is 6.80. The van der Waals surface area contributed by atoms with Crippen molar-refractivity contribution in [1.29, 1.82) is 0 Å². The Morgan fingerprint density at radius 1 is 1.24 bits per heavy atom. The molecule has 1 unspecified atom stereocenters. The van der Waals surface area contributed by atoms with Crippen LogP contribution in [0.1, 0.15) is 67.2 Å². The lowest BCUT2D eigenvalue weighted by molar-refractivity contribution is -0.156. The molecule has 3 atom stereocenters. The van der Waals surface area contributed by atoms with Gasteiger partial charge in [0.1, 0.15) is 5.60 Å². The quantitative estimate of drug-likeness (QED) is 0.544. The maximum absolute atomic E-state index is 12.7. The molecule has 0 aromatic rings. The van der Waals surface area contributed by atoms with Gasteiger partial charge >= 0.3 is 12.1 Å². The van der Waals surface area contributed by atoms with Gasteiger partial charge in [-0.3, -0.25) is 14.4 Å². The van der Waals surface area contributed by atoms with E-state index in [1.807, 2.05) is 13.8 Å². The molecule has 1 aliphatic heterocycles. The van der Waals surface area contributed by atoms with Gasteiger partial charge in [0.15, 0.2) is 6.10 Å². The van der Waals surface area contributed by atoms with Crippen molar-refractivity contribution in [2.75, 3.05) is 0 Å². The summed E-state index contributed by atoms with van der Waals surface area (Å²) in [6.45, 7) is 10.2. The van der Waals surface area contributed by atoms with E-state index in [1.54, 1.807) is 20.8 Å². The number of alkyl carbamates (subject to hydrolysis) is 1. The molecule has 1 saturated carbocycles. The molecule has 0 radical (unpaired) electrons. The minimum Gasteiger partial charge on any atom is -0.450 e. The zero-order chi connectivity index (χ0) is 22.0. The van der Waals surface area contributed by atoms with E-state index < -0.39 is 41.6 Å². The van der Waals surface area contributed by atoms with E-state index in [4.69, 9.17) is 9.47 Å². The number of nitrogens with one attached hydrogen (secondary N) is 3. The summed E-state index contributed by atoms with van der Waals surface area (Å²) in [5.41, 5.74) is -1.13. The minimum absolute atomic E-state index is 0.0523. The van der Waals surface area contributed by atoms with E-state index in [-0.39, 0.29) is 23.9 Å². The van der Waals surface area contributed by atoms with Gasteiger partial charge in [0.05, 0.1) is 6.04 Å². The lowest BCUT2D eigenvalue weighted by Gasteiger charge is -2.29. The van der Waals surface area contributed by atoms with Gasteiger partial charge in [-0.1, -0.05) is 0 Å². The van der Waals surface area contributed by atoms with Gasteiger partial charge in [-0.15, -0.1) is 0 Å². The highest BCUT2D eigenvalue weighted by Gasteiger charge is 2.43. The Bertz CT molecular complexity index is 666. The van der Waals surface area contributed by atoms with Crippen LogP contribution in [0.4, 0.5) is 4.79 Å². The molecule has 0 spiro atoms. The molecule has 1 aliphatic carbocycles. The van der Waals surface area contributed by atoms with Crippen LogP contribution in [-0.2, 0) is 23.9 Å². The summed E-state index contributed by atoms with van der Waals surface area (Å²) >= 11 is 0. The van der Waals surface area contributed by atoms with Crippen LogP contribution in [0.2, 0.25) is 0 Å². The molecular weight excluding hydrogens is 378 g/mol. The van der Waals surface area contributed by atoms with Crippen LogP contribution in [0.5, 0.6) is 0 Å². The molecule has 0 aromatic carbocycles. The van der Waals surface area contributed by atoms with Crippen LogP contribution in [0.15, 0.2) is 0 Å². The van der Waals surface area contributed by atoms with Gasteiger partial charge in [0.2, 0.25) is 5.91 Å². The number of carbonyl (C=O) groups is 4. The third-order valence-corrected chi connectivity index (χ3v) is 4.67. The summed E-state index contributed by atoms with van der Waals surface area (Å²) in [7, 11) is 0. The van der Waals surface area contributed by atoms with Crippen molar-refractivity contribution in [1.82, 2.24) is 16.0 Å². The lowest BCUT2D eigenvalue weighted by atomic mass is 9.89. The normalized spacial score (nSPS) is 22.8. The van der Waals surface area contributed by atoms with Gasteiger partial charge in [0, 0.05) is 24.4 Å². The highest BCUT2D eigenvalue weighted by atomic mass is 16.6. The van der Waals surface area contributed by atoms with Crippen LogP contribution < -0.4 is 16.0 Å². The summed E-state index contributed by atoms with van der Waals surface area (Å²) in [4.78, 5) is 49.2. The predicted octanol–water partition coefficient (Wildman–Crippen LogP) is 1.39. The second-order valence-corrected chi connectivity index (χ2v) is 9.58. The highest BCUT2D eigenvalue weighted by molar-refractivity contribution is 5.86. The number of amides is 3. The van der Waals surface area contributed by atoms with Gasteiger partial charge in [-0.25, -0.2) is 4.79 Å². The topological polar surface area (TPSA) is 123 Å². The fourth-order valence-corrected chi connectivity index (χ4v) is 3.42. The van der Waals surface area contributed by atoms with Crippen molar-refractivity contribution in [2.45, 2.75) is 96.6 Å². The number of esters is 1. The molecule has 2 aliphatic rings. The largest absolute Gasteiger partial charge is 0.450 e. The third-order valence-electron chi connectivity index (χ3n) is 4.67. The standard InChI is InChI=1S/C20H33N3O6/c1-11(24)28-15(17(26)21-13-7-8-13)14(22-18(27)29-19(2,3)4)9-12-10-20(5,6)23-16(12)25/h12-15H,7-10H2,1-6H3,(H,21,26)(H,22,27)(H,23,25)/t12-,14+,15?/m1/s1. The fraction of sp³-hybridized carbons (Fsp3) is 0.800. The molecule has 29 heavy (non-hydrogen) atoms. The van der Waals surface area contributed by atoms with E-state index >= 15 is 0 Å². The molecule has 9 nitrogen and oxygen atoms in total. The minimum atomic E-state index is -1.25. The summed E-state index contributed by atoms with van der Waals surface area (Å²) < 4.78 is 10.6. The van der Waals surface area contributed by atoms with Crippen molar-refractivity contribution in [2.24, 2.45) is 5.92 Å². The van der Waals surface area contributed by atoms with Crippen molar-refractivity contribution in [3.8, 4) is 0 Å². The Morgan fingerprint density at radius 2 is 1.86 bits per heavy atom. The summed E-state index contributed by atoms with van der Waals surface area (Å²) in [5.74, 6) is -1.72. The third kappa shape index (κ3) is 7.55. The van der Waals surface area contributed by atoms with Crippen LogP contribution in [0.3, 0.4) is 0 Å². The number of hydrogen-bond acceptors (Lipinski definition) is 6. The SMILES string of the molecule is CC(=O)OC(C(=O)NC1CC1)[C@H](C[C@@H]1CC(C)(C)NC1=O)NC(=O)OC(C)(C)C. The van der Waals surface area contributed by atoms with E-state index in [2.05, 4.69) is 16.0 Å². The average Bonchev–Trinajstić information content (AvgIpc) is 3.27. The van der Waals surface area contributed by atoms with E-state index in [0.717, 1.165) is 12.8 Å². The highest BCUT2D eigenvalue weighted by Crippen LogP contribution is 2.29. The number of hydrogen-bond donors (Lipinski definition) is 3. The molecule has 0 aromatic heterocycles. The van der Waals surface area contributed by atoms with Crippen molar-refractivity contribution in [3.63, 3.8) is 0 Å². The number of carbonyl (C=O) groups excluding carboxylic acids is 4. The van der Waals surface area contributed by atoms with Crippen LogP contribution in [0.25, 0.3) is 0 Å². The maximum atomic E-state index is 12.7. The first kappa shape index (κ1) is 23.0. The van der Waals surface area contributed by atoms with Crippen LogP contribution in [0, 0.1) is 5.92 Å². The van der Waals surface area contributed by atoms with E-state index in [0.29, 0.717) is 6.42 Å². The molecule has 2 rings (SSSR count). The molecule has 0 bridgehead atoms. The zero-order valence-electron chi connectivity index (χ0n) is 18.1. The molecule has 164 valence electrons. The van der Waals surface area contributed by atoms with Crippen LogP contribution in [-0.4, -0.2) is 53.2 Å². The molecule has 3 amide bonds. The molecule has 2 fully saturated rings. The van der Waals surface area contributed by atoms with Crippen LogP contribution >= 0.6 is 0 Å². The van der Waals surface area contributed by atoms with Gasteiger partial charge in [0.25, 0.3) is 5.91 Å². The average molecular weight is 411 g/mol. The molecule has 9 heteroatoms. The first-order valence-corrected chi connectivity index (χ1v) is 10.0. The summed E-state index contributed by atoms with van der Waals surface area (Å²) in [5, 5.41) is 8.35.